The van der Waals surface area contributed by atoms with E-state index in [9.17, 15) is 14.1 Å². The van der Waals surface area contributed by atoms with E-state index in [-0.39, 0.29) is 17.7 Å². The Bertz CT molecular complexity index is 275. The van der Waals surface area contributed by atoms with Gasteiger partial charge in [0.2, 0.25) is 17.3 Å². The molecule has 0 bridgehead atoms. The van der Waals surface area contributed by atoms with Crippen LogP contribution in [0.25, 0.3) is 0 Å². The molecule has 78 valence electrons. The van der Waals surface area contributed by atoms with E-state index in [1.165, 1.54) is 4.90 Å². The van der Waals surface area contributed by atoms with Crippen LogP contribution >= 0.6 is 11.8 Å². The maximum atomic E-state index is 11.1. The van der Waals surface area contributed by atoms with Gasteiger partial charge in [0, 0.05) is 5.09 Å². The molecule has 2 heterocycles. The number of amides is 1. The Morgan fingerprint density at radius 3 is 2.86 bits per heavy atom. The van der Waals surface area contributed by atoms with Crippen molar-refractivity contribution in [2.45, 2.75) is 18.0 Å². The smallest absolute Gasteiger partial charge is 0.243 e. The van der Waals surface area contributed by atoms with E-state index < -0.39 is 11.3 Å². The number of β-lactam (4-membered cyclic amide) rings is 1. The molecular weight excluding hydrogens is 221 g/mol. The van der Waals surface area contributed by atoms with Crippen molar-refractivity contribution in [3.8, 4) is 0 Å². The fourth-order valence-corrected chi connectivity index (χ4v) is 2.34. The predicted octanol–water partition coefficient (Wildman–Crippen LogP) is -0.160. The van der Waals surface area contributed by atoms with Crippen LogP contribution in [0.1, 0.15) is 6.42 Å². The van der Waals surface area contributed by atoms with Gasteiger partial charge >= 0.3 is 0 Å². The van der Waals surface area contributed by atoms with Gasteiger partial charge in [-0.05, 0) is 14.6 Å². The zero-order chi connectivity index (χ0) is 10.1. The molecule has 7 nitrogen and oxygen atoms in total. The maximum Gasteiger partial charge on any atom is 0.243 e. The lowest BCUT2D eigenvalue weighted by Gasteiger charge is -2.34. The number of nitrogens with zero attached hydrogens (tertiary/aromatic N) is 1. The zero-order valence-electron chi connectivity index (χ0n) is 6.54. The summed E-state index contributed by atoms with van der Waals surface area (Å²) in [5, 5.41) is 8.97. The number of hydrogen-bond acceptors (Lipinski definition) is 7. The van der Waals surface area contributed by atoms with Gasteiger partial charge < -0.3 is 0 Å². The summed E-state index contributed by atoms with van der Waals surface area (Å²) in [4.78, 5) is 27.6. The lowest BCUT2D eigenvalue weighted by molar-refractivity contribution is -0.685. The molecule has 0 aliphatic carbocycles. The Labute approximate surface area is 80.7 Å². The van der Waals surface area contributed by atoms with Gasteiger partial charge in [-0.25, -0.2) is 0 Å². The van der Waals surface area contributed by atoms with Gasteiger partial charge in [0.25, 0.3) is 0 Å². The van der Waals surface area contributed by atoms with Gasteiger partial charge in [-0.2, -0.15) is 4.89 Å². The molecular formula is C5H4FNO6S. The van der Waals surface area contributed by atoms with Crippen LogP contribution in [-0.2, 0) is 29.6 Å². The third kappa shape index (κ3) is 1.48. The first-order valence-electron chi connectivity index (χ1n) is 3.53. The average Bonchev–Trinajstić information content (AvgIpc) is 2.39. The van der Waals surface area contributed by atoms with Crippen molar-refractivity contribution in [2.75, 3.05) is 0 Å². The Morgan fingerprint density at radius 2 is 2.21 bits per heavy atom. The molecule has 0 radical (unpaired) electrons. The fraction of sp³-hybridized carbons (Fsp3) is 0.600. The summed E-state index contributed by atoms with van der Waals surface area (Å²) >= 11 is 0.956. The molecule has 9 heteroatoms. The summed E-state index contributed by atoms with van der Waals surface area (Å²) in [7, 11) is 0. The third-order valence-electron chi connectivity index (χ3n) is 1.84. The van der Waals surface area contributed by atoms with Gasteiger partial charge in [-0.3, -0.25) is 14.5 Å². The number of rotatable bonds is 4. The number of carbonyl (C=O) groups is 2. The predicted molar refractivity (Wildman–Crippen MR) is 37.1 cm³/mol. The SMILES string of the molecule is O=C1S[C@@H]2CC(=O)N2C1OOOOF. The highest BCUT2D eigenvalue weighted by Gasteiger charge is 2.53. The summed E-state index contributed by atoms with van der Waals surface area (Å²) in [6.45, 7) is 0. The molecule has 2 aliphatic heterocycles. The van der Waals surface area contributed by atoms with Crippen molar-refractivity contribution in [3.63, 3.8) is 0 Å². The van der Waals surface area contributed by atoms with Crippen molar-refractivity contribution < 1.29 is 34.2 Å². The van der Waals surface area contributed by atoms with E-state index in [1.54, 1.807) is 0 Å². The number of halogens is 1. The van der Waals surface area contributed by atoms with Crippen LogP contribution in [0.3, 0.4) is 0 Å². The maximum absolute atomic E-state index is 11.1. The van der Waals surface area contributed by atoms with E-state index in [1.807, 2.05) is 0 Å². The van der Waals surface area contributed by atoms with E-state index in [4.69, 9.17) is 0 Å². The summed E-state index contributed by atoms with van der Waals surface area (Å²) < 4.78 is 10.9. The summed E-state index contributed by atoms with van der Waals surface area (Å²) in [6.07, 6.45) is -0.905. The van der Waals surface area contributed by atoms with Crippen LogP contribution in [0, 0.1) is 0 Å². The number of hydrogen-bond donors (Lipinski definition) is 0. The lowest BCUT2D eigenvalue weighted by Crippen LogP contribution is -2.53. The molecule has 0 aromatic rings. The molecule has 2 atom stereocenters. The van der Waals surface area contributed by atoms with Crippen LogP contribution in [0.15, 0.2) is 0 Å². The molecule has 0 aromatic heterocycles. The summed E-state index contributed by atoms with van der Waals surface area (Å²) in [6, 6.07) is 0. The first kappa shape index (κ1) is 9.80. The highest BCUT2D eigenvalue weighted by molar-refractivity contribution is 8.14. The quantitative estimate of drug-likeness (QED) is 0.285. The lowest BCUT2D eigenvalue weighted by atomic mass is 10.2. The Balaban J connectivity index is 1.89. The van der Waals surface area contributed by atoms with Crippen molar-refractivity contribution in [2.24, 2.45) is 0 Å². The van der Waals surface area contributed by atoms with E-state index in [0.29, 0.717) is 0 Å². The van der Waals surface area contributed by atoms with Crippen LogP contribution in [0.2, 0.25) is 0 Å². The molecule has 0 spiro atoms. The number of fused-ring (bicyclic) bond motifs is 1. The van der Waals surface area contributed by atoms with Crippen LogP contribution in [0.4, 0.5) is 4.53 Å². The first-order valence-corrected chi connectivity index (χ1v) is 4.41. The third-order valence-corrected chi connectivity index (χ3v) is 2.94. The second-order valence-electron chi connectivity index (χ2n) is 2.54. The highest BCUT2D eigenvalue weighted by Crippen LogP contribution is 2.40. The second-order valence-corrected chi connectivity index (χ2v) is 3.73. The monoisotopic (exact) mass is 225 g/mol. The van der Waals surface area contributed by atoms with Gasteiger partial charge in [0.15, 0.2) is 0 Å². The Kier molecular flexibility index (Phi) is 2.65. The molecule has 1 amide bonds. The average molecular weight is 225 g/mol. The van der Waals surface area contributed by atoms with Gasteiger partial charge in [-0.15, -0.1) is 0 Å². The first-order chi connectivity index (χ1) is 6.74. The largest absolute Gasteiger partial charge is 0.294 e. The second kappa shape index (κ2) is 3.79. The molecule has 0 saturated carbocycles. The van der Waals surface area contributed by atoms with Crippen molar-refractivity contribution in [1.29, 1.82) is 0 Å². The van der Waals surface area contributed by atoms with E-state index in [0.717, 1.165) is 11.8 Å². The number of thioether (sulfide) groups is 1. The van der Waals surface area contributed by atoms with Crippen molar-refractivity contribution >= 4 is 22.8 Å². The Morgan fingerprint density at radius 1 is 1.43 bits per heavy atom. The minimum Gasteiger partial charge on any atom is -0.294 e. The molecule has 14 heavy (non-hydrogen) atoms. The minimum absolute atomic E-state index is 0.213. The van der Waals surface area contributed by atoms with E-state index >= 15 is 0 Å². The standard InChI is InChI=1S/C5H4FNO6S/c6-11-13-12-10-4-5(9)14-3-1-2(8)7(3)4/h3-4H,1H2/t3-,4?/m1/s1. The van der Waals surface area contributed by atoms with Crippen LogP contribution in [-0.4, -0.2) is 27.5 Å². The Hall–Kier alpha value is -0.740. The molecule has 2 fully saturated rings. The van der Waals surface area contributed by atoms with Crippen LogP contribution < -0.4 is 0 Å². The van der Waals surface area contributed by atoms with Gasteiger partial charge in [-0.1, -0.05) is 11.8 Å². The number of carbonyl (C=O) groups excluding carboxylic acids is 2. The molecule has 0 N–H and O–H groups in total. The fourth-order valence-electron chi connectivity index (χ4n) is 1.24. The van der Waals surface area contributed by atoms with Gasteiger partial charge in [0.1, 0.15) is 0 Å². The topological polar surface area (TPSA) is 74.3 Å². The minimum atomic E-state index is -1.19. The summed E-state index contributed by atoms with van der Waals surface area (Å²) in [5.74, 6) is -0.233. The van der Waals surface area contributed by atoms with Gasteiger partial charge in [0.05, 0.1) is 11.8 Å². The van der Waals surface area contributed by atoms with E-state index in [2.05, 4.69) is 20.1 Å². The van der Waals surface area contributed by atoms with Crippen LogP contribution in [0.5, 0.6) is 0 Å². The van der Waals surface area contributed by atoms with Crippen molar-refractivity contribution in [1.82, 2.24) is 4.90 Å². The molecule has 2 saturated heterocycles. The van der Waals surface area contributed by atoms with Crippen molar-refractivity contribution in [3.05, 3.63) is 0 Å². The molecule has 2 rings (SSSR count). The molecule has 0 aromatic carbocycles. The highest BCUT2D eigenvalue weighted by atomic mass is 32.2. The summed E-state index contributed by atoms with van der Waals surface area (Å²) in [5.41, 5.74) is 0. The zero-order valence-corrected chi connectivity index (χ0v) is 7.36. The molecule has 1 unspecified atom stereocenters. The molecule has 2 aliphatic rings. The normalized spacial score (nSPS) is 30.5.